The molecular formula is C20H44N4O2P2S2. The average molecular weight is 499 g/mol. The van der Waals surface area contributed by atoms with Crippen LogP contribution in [0.3, 0.4) is 0 Å². The molecule has 10 heteroatoms. The predicted octanol–water partition coefficient (Wildman–Crippen LogP) is 5.57. The van der Waals surface area contributed by atoms with Gasteiger partial charge in [-0.15, -0.1) is 0 Å². The van der Waals surface area contributed by atoms with Crippen LogP contribution < -0.4 is 10.2 Å². The summed E-state index contributed by atoms with van der Waals surface area (Å²) < 4.78 is 25.8. The number of thiocarbonyl (C=S) groups is 2. The fourth-order valence-corrected chi connectivity index (χ4v) is 6.96. The molecule has 0 radical (unpaired) electrons. The van der Waals surface area contributed by atoms with Gasteiger partial charge in [0.25, 0.3) is 0 Å². The normalized spacial score (nSPS) is 14.0. The molecule has 0 aliphatic heterocycles. The van der Waals surface area contributed by atoms with Crippen molar-refractivity contribution in [2.75, 3.05) is 37.7 Å². The topological polar surface area (TPSA) is 64.7 Å². The van der Waals surface area contributed by atoms with Crippen LogP contribution in [-0.4, -0.2) is 69.8 Å². The van der Waals surface area contributed by atoms with Gasteiger partial charge in [0.05, 0.1) is 0 Å². The fraction of sp³-hybridized carbons (Fsp3) is 0.900. The Hall–Kier alpha value is -0.160. The molecule has 0 saturated heterocycles. The van der Waals surface area contributed by atoms with E-state index in [0.717, 1.165) is 12.8 Å². The van der Waals surface area contributed by atoms with Gasteiger partial charge in [-0.2, -0.15) is 0 Å². The second kappa shape index (κ2) is 14.1. The van der Waals surface area contributed by atoms with E-state index < -0.39 is 14.6 Å². The van der Waals surface area contributed by atoms with Crippen LogP contribution >= 0.6 is 39.0 Å². The summed E-state index contributed by atoms with van der Waals surface area (Å²) in [5.74, 6) is 0. The largest absolute Gasteiger partial charge is 0.345 e. The molecule has 0 aromatic rings. The Kier molecular flexibility index (Phi) is 14.0. The Bertz CT molecular complexity index is 578. The molecule has 2 unspecified atom stereocenters. The Labute approximate surface area is 196 Å². The number of nitrogens with one attached hydrogen (secondary N) is 2. The van der Waals surface area contributed by atoms with E-state index in [-0.39, 0.29) is 12.1 Å². The predicted molar refractivity (Wildman–Crippen MR) is 142 cm³/mol. The van der Waals surface area contributed by atoms with Crippen molar-refractivity contribution in [1.29, 1.82) is 0 Å². The molecule has 2 atom stereocenters. The van der Waals surface area contributed by atoms with Crippen molar-refractivity contribution in [3.63, 3.8) is 0 Å². The van der Waals surface area contributed by atoms with Gasteiger partial charge in [0.2, 0.25) is 0 Å². The molecule has 178 valence electrons. The summed E-state index contributed by atoms with van der Waals surface area (Å²) in [4.78, 5) is 4.23. The molecule has 0 fully saturated rings. The molecule has 0 aromatic carbocycles. The van der Waals surface area contributed by atoms with Crippen LogP contribution in [0.4, 0.5) is 0 Å². The van der Waals surface area contributed by atoms with Gasteiger partial charge in [-0.25, -0.2) is 0 Å². The third kappa shape index (κ3) is 9.14. The highest BCUT2D eigenvalue weighted by atomic mass is 32.1. The van der Waals surface area contributed by atoms with Gasteiger partial charge in [-0.1, -0.05) is 41.5 Å². The number of nitrogens with zero attached hydrogens (tertiary/aromatic N) is 2. The van der Waals surface area contributed by atoms with Gasteiger partial charge < -0.3 is 29.1 Å². The molecule has 30 heavy (non-hydrogen) atoms. The van der Waals surface area contributed by atoms with E-state index in [2.05, 4.69) is 47.7 Å². The van der Waals surface area contributed by atoms with Gasteiger partial charge in [0.1, 0.15) is 0 Å². The van der Waals surface area contributed by atoms with Crippen molar-refractivity contribution < 1.29 is 9.13 Å². The summed E-state index contributed by atoms with van der Waals surface area (Å²) in [7, 11) is -4.98. The van der Waals surface area contributed by atoms with E-state index in [4.69, 9.17) is 24.4 Å². The maximum atomic E-state index is 12.9. The van der Waals surface area contributed by atoms with Crippen molar-refractivity contribution in [3.05, 3.63) is 0 Å². The van der Waals surface area contributed by atoms with Gasteiger partial charge in [0.15, 0.2) is 24.8 Å². The van der Waals surface area contributed by atoms with Gasteiger partial charge in [-0.3, -0.25) is 0 Å². The van der Waals surface area contributed by atoms with Crippen LogP contribution in [0.15, 0.2) is 0 Å². The van der Waals surface area contributed by atoms with Crippen molar-refractivity contribution >= 4 is 49.2 Å². The van der Waals surface area contributed by atoms with E-state index in [0.29, 0.717) is 48.0 Å². The first-order valence-corrected chi connectivity index (χ1v) is 16.3. The molecule has 2 N–H and O–H groups in total. The Morgan fingerprint density at radius 3 is 1.17 bits per heavy atom. The van der Waals surface area contributed by atoms with Crippen LogP contribution in [0, 0.1) is 0 Å². The Morgan fingerprint density at radius 1 is 0.700 bits per heavy atom. The molecule has 0 aliphatic rings. The smallest absolute Gasteiger partial charge is 0.174 e. The maximum absolute atomic E-state index is 12.9. The average Bonchev–Trinajstić information content (AvgIpc) is 2.75. The van der Waals surface area contributed by atoms with Crippen LogP contribution in [0.1, 0.15) is 68.2 Å². The minimum Gasteiger partial charge on any atom is -0.345 e. The minimum atomic E-state index is -2.49. The van der Waals surface area contributed by atoms with Crippen LogP contribution in [0.5, 0.6) is 0 Å². The van der Waals surface area contributed by atoms with Crippen LogP contribution in [-0.2, 0) is 9.13 Å². The zero-order chi connectivity index (χ0) is 23.5. The van der Waals surface area contributed by atoms with Crippen LogP contribution in [0.2, 0.25) is 0 Å². The summed E-state index contributed by atoms with van der Waals surface area (Å²) in [6.07, 6.45) is 4.17. The maximum Gasteiger partial charge on any atom is 0.174 e. The van der Waals surface area contributed by atoms with Gasteiger partial charge >= 0.3 is 0 Å². The first-order valence-electron chi connectivity index (χ1n) is 11.3. The standard InChI is InChI=1S/C20H44N4O2P2S2/c1-9-17(7)23(19(29)21-27(25,11-3)12-4)15-16-24(18(8)10-2)20(30)22-28(26,13-5)14-6/h17-18H,9-16H2,1-8H3,(H,21,25,29)(H,22,26,30). The van der Waals surface area contributed by atoms with Crippen molar-refractivity contribution in [2.45, 2.75) is 80.3 Å². The first kappa shape index (κ1) is 29.8. The second-order valence-electron chi connectivity index (χ2n) is 7.78. The van der Waals surface area contributed by atoms with Gasteiger partial charge in [-0.05, 0) is 51.1 Å². The summed E-state index contributed by atoms with van der Waals surface area (Å²) in [6, 6.07) is 0.426. The summed E-state index contributed by atoms with van der Waals surface area (Å²) in [5, 5.41) is 7.42. The first-order chi connectivity index (χ1) is 14.0. The minimum absolute atomic E-state index is 0.213. The molecule has 0 rings (SSSR count). The summed E-state index contributed by atoms with van der Waals surface area (Å²) >= 11 is 11.3. The Balaban J connectivity index is 5.50. The molecular weight excluding hydrogens is 454 g/mol. The lowest BCUT2D eigenvalue weighted by Gasteiger charge is -2.38. The zero-order valence-electron chi connectivity index (χ0n) is 20.2. The molecule has 0 amide bonds. The highest BCUT2D eigenvalue weighted by Gasteiger charge is 2.27. The highest BCUT2D eigenvalue weighted by molar-refractivity contribution is 7.81. The molecule has 6 nitrogen and oxygen atoms in total. The second-order valence-corrected chi connectivity index (χ2v) is 15.1. The molecule has 0 spiro atoms. The van der Waals surface area contributed by atoms with Crippen molar-refractivity contribution in [2.24, 2.45) is 0 Å². The SMILES string of the molecule is CCC(C)N(CCN(C(=S)NP(=O)(CC)CC)C(C)CC)C(=S)NP(=O)(CC)CC. The third-order valence-electron chi connectivity index (χ3n) is 5.99. The quantitative estimate of drug-likeness (QED) is 0.252. The monoisotopic (exact) mass is 498 g/mol. The summed E-state index contributed by atoms with van der Waals surface area (Å²) in [6.45, 7) is 17.5. The van der Waals surface area contributed by atoms with Crippen LogP contribution in [0.25, 0.3) is 0 Å². The van der Waals surface area contributed by atoms with E-state index in [1.807, 2.05) is 27.7 Å². The number of hydrogen-bond acceptors (Lipinski definition) is 4. The fourth-order valence-electron chi connectivity index (χ4n) is 2.94. The molecule has 0 heterocycles. The molecule has 0 aliphatic carbocycles. The lowest BCUT2D eigenvalue weighted by Crippen LogP contribution is -2.51. The van der Waals surface area contributed by atoms with Gasteiger partial charge in [0, 0.05) is 49.8 Å². The lowest BCUT2D eigenvalue weighted by atomic mass is 10.2. The van der Waals surface area contributed by atoms with Crippen molar-refractivity contribution in [1.82, 2.24) is 20.0 Å². The van der Waals surface area contributed by atoms with E-state index in [9.17, 15) is 9.13 Å². The number of rotatable bonds is 13. The third-order valence-corrected chi connectivity index (χ3v) is 12.3. The molecule has 0 aromatic heterocycles. The summed E-state index contributed by atoms with van der Waals surface area (Å²) in [5.41, 5.74) is 0. The number of hydrogen-bond donors (Lipinski definition) is 2. The zero-order valence-corrected chi connectivity index (χ0v) is 23.7. The van der Waals surface area contributed by atoms with Crippen molar-refractivity contribution in [3.8, 4) is 0 Å². The highest BCUT2D eigenvalue weighted by Crippen LogP contribution is 2.40. The Morgan fingerprint density at radius 2 is 0.967 bits per heavy atom. The van der Waals surface area contributed by atoms with E-state index in [1.165, 1.54) is 0 Å². The lowest BCUT2D eigenvalue weighted by molar-refractivity contribution is 0.254. The van der Waals surface area contributed by atoms with E-state index >= 15 is 0 Å². The molecule has 0 saturated carbocycles. The van der Waals surface area contributed by atoms with E-state index in [1.54, 1.807) is 0 Å². The molecule has 0 bridgehead atoms.